The molecule has 0 bridgehead atoms. The number of rotatable bonds is 2. The maximum atomic E-state index is 13.8. The molecule has 0 N–H and O–H groups in total. The van der Waals surface area contributed by atoms with Crippen LogP contribution in [0.15, 0.2) is 45.2 Å². The van der Waals surface area contributed by atoms with Gasteiger partial charge in [-0.05, 0) is 23.6 Å². The Labute approximate surface area is 120 Å². The van der Waals surface area contributed by atoms with Gasteiger partial charge in [0.1, 0.15) is 10.6 Å². The van der Waals surface area contributed by atoms with Gasteiger partial charge in [0.05, 0.1) is 18.3 Å². The standard InChI is InChI=1S/C13H8BrFN2OS/c14-9-2-1-8(11(15)5-9)6-17-7-16-12-10(13(17)18)3-4-19-12/h1-5,7H,6H2. The van der Waals surface area contributed by atoms with Crippen molar-refractivity contribution in [1.29, 1.82) is 0 Å². The first-order valence-corrected chi connectivity index (χ1v) is 7.19. The first-order chi connectivity index (χ1) is 9.15. The fourth-order valence-electron chi connectivity index (χ4n) is 1.84. The number of hydrogen-bond acceptors (Lipinski definition) is 3. The molecule has 0 aliphatic rings. The van der Waals surface area contributed by atoms with Crippen molar-refractivity contribution in [2.24, 2.45) is 0 Å². The van der Waals surface area contributed by atoms with Gasteiger partial charge in [-0.15, -0.1) is 11.3 Å². The number of fused-ring (bicyclic) bond motifs is 1. The molecule has 96 valence electrons. The van der Waals surface area contributed by atoms with Crippen LogP contribution >= 0.6 is 27.3 Å². The molecule has 1 aromatic carbocycles. The molecule has 0 atom stereocenters. The highest BCUT2D eigenvalue weighted by Crippen LogP contribution is 2.17. The number of nitrogens with zero attached hydrogens (tertiary/aromatic N) is 2. The molecule has 0 amide bonds. The van der Waals surface area contributed by atoms with E-state index in [4.69, 9.17) is 0 Å². The highest BCUT2D eigenvalue weighted by molar-refractivity contribution is 9.10. The van der Waals surface area contributed by atoms with Crippen LogP contribution in [0.4, 0.5) is 4.39 Å². The third kappa shape index (κ3) is 2.33. The van der Waals surface area contributed by atoms with Crippen molar-refractivity contribution in [3.63, 3.8) is 0 Å². The van der Waals surface area contributed by atoms with E-state index >= 15 is 0 Å². The zero-order valence-electron chi connectivity index (χ0n) is 9.64. The average Bonchev–Trinajstić information content (AvgIpc) is 2.85. The summed E-state index contributed by atoms with van der Waals surface area (Å²) in [6.07, 6.45) is 1.46. The lowest BCUT2D eigenvalue weighted by atomic mass is 10.2. The van der Waals surface area contributed by atoms with Gasteiger partial charge in [0, 0.05) is 10.0 Å². The summed E-state index contributed by atoms with van der Waals surface area (Å²) in [5.41, 5.74) is 0.315. The second kappa shape index (κ2) is 4.86. The molecular formula is C13H8BrFN2OS. The fourth-order valence-corrected chi connectivity index (χ4v) is 2.90. The van der Waals surface area contributed by atoms with Crippen LogP contribution in [0.25, 0.3) is 10.2 Å². The van der Waals surface area contributed by atoms with Gasteiger partial charge >= 0.3 is 0 Å². The van der Waals surface area contributed by atoms with E-state index < -0.39 is 0 Å². The van der Waals surface area contributed by atoms with Crippen molar-refractivity contribution in [2.75, 3.05) is 0 Å². The molecule has 0 saturated carbocycles. The smallest absolute Gasteiger partial charge is 0.262 e. The summed E-state index contributed by atoms with van der Waals surface area (Å²) in [5, 5.41) is 2.40. The molecule has 0 spiro atoms. The second-order valence-corrected chi connectivity index (χ2v) is 5.86. The molecular weight excluding hydrogens is 331 g/mol. The minimum Gasteiger partial charge on any atom is -0.294 e. The monoisotopic (exact) mass is 338 g/mol. The van der Waals surface area contributed by atoms with Crippen LogP contribution < -0.4 is 5.56 Å². The molecule has 0 radical (unpaired) electrons. The van der Waals surface area contributed by atoms with E-state index in [1.165, 1.54) is 28.3 Å². The fraction of sp³-hybridized carbons (Fsp3) is 0.0769. The van der Waals surface area contributed by atoms with E-state index in [1.54, 1.807) is 18.2 Å². The van der Waals surface area contributed by atoms with Gasteiger partial charge in [-0.25, -0.2) is 9.37 Å². The van der Waals surface area contributed by atoms with Gasteiger partial charge in [0.15, 0.2) is 0 Å². The molecule has 0 aliphatic carbocycles. The summed E-state index contributed by atoms with van der Waals surface area (Å²) in [4.78, 5) is 17.1. The van der Waals surface area contributed by atoms with E-state index in [1.807, 2.05) is 5.38 Å². The summed E-state index contributed by atoms with van der Waals surface area (Å²) in [6, 6.07) is 6.53. The van der Waals surface area contributed by atoms with Crippen LogP contribution in [0.2, 0.25) is 0 Å². The predicted molar refractivity (Wildman–Crippen MR) is 77.1 cm³/mol. The summed E-state index contributed by atoms with van der Waals surface area (Å²) in [5.74, 6) is -0.341. The van der Waals surface area contributed by atoms with Crippen molar-refractivity contribution in [2.45, 2.75) is 6.54 Å². The molecule has 3 aromatic rings. The Bertz CT molecular complexity index is 812. The van der Waals surface area contributed by atoms with E-state index in [0.29, 0.717) is 20.3 Å². The van der Waals surface area contributed by atoms with Crippen LogP contribution in [-0.2, 0) is 6.54 Å². The Kier molecular flexibility index (Phi) is 3.20. The van der Waals surface area contributed by atoms with Crippen molar-refractivity contribution in [3.05, 3.63) is 62.2 Å². The van der Waals surface area contributed by atoms with Crippen LogP contribution in [0.5, 0.6) is 0 Å². The zero-order valence-corrected chi connectivity index (χ0v) is 12.0. The largest absolute Gasteiger partial charge is 0.294 e. The first-order valence-electron chi connectivity index (χ1n) is 5.52. The van der Waals surface area contributed by atoms with Gasteiger partial charge in [0.25, 0.3) is 5.56 Å². The molecule has 0 fully saturated rings. The molecule has 0 aliphatic heterocycles. The normalized spacial score (nSPS) is 11.1. The van der Waals surface area contributed by atoms with Crippen LogP contribution in [0.3, 0.4) is 0 Å². The molecule has 0 saturated heterocycles. The van der Waals surface area contributed by atoms with E-state index in [9.17, 15) is 9.18 Å². The first kappa shape index (κ1) is 12.5. The topological polar surface area (TPSA) is 34.9 Å². The summed E-state index contributed by atoms with van der Waals surface area (Å²) in [6.45, 7) is 0.177. The Morgan fingerprint density at radius 2 is 2.21 bits per heavy atom. The van der Waals surface area contributed by atoms with E-state index in [0.717, 1.165) is 0 Å². The lowest BCUT2D eigenvalue weighted by molar-refractivity contribution is 0.594. The number of hydrogen-bond donors (Lipinski definition) is 0. The lowest BCUT2D eigenvalue weighted by Crippen LogP contribution is -2.20. The van der Waals surface area contributed by atoms with Gasteiger partial charge in [-0.1, -0.05) is 22.0 Å². The van der Waals surface area contributed by atoms with E-state index in [2.05, 4.69) is 20.9 Å². The van der Waals surface area contributed by atoms with Gasteiger partial charge < -0.3 is 0 Å². The summed E-state index contributed by atoms with van der Waals surface area (Å²) < 4.78 is 15.8. The molecule has 2 aromatic heterocycles. The molecule has 3 rings (SSSR count). The number of aromatic nitrogens is 2. The molecule has 0 unspecified atom stereocenters. The summed E-state index contributed by atoms with van der Waals surface area (Å²) >= 11 is 4.62. The maximum Gasteiger partial charge on any atom is 0.262 e. The SMILES string of the molecule is O=c1c2ccsc2ncn1Cc1ccc(Br)cc1F. The average molecular weight is 339 g/mol. The highest BCUT2D eigenvalue weighted by Gasteiger charge is 2.08. The maximum absolute atomic E-state index is 13.8. The lowest BCUT2D eigenvalue weighted by Gasteiger charge is -2.06. The van der Waals surface area contributed by atoms with Gasteiger partial charge in [-0.3, -0.25) is 9.36 Å². The van der Waals surface area contributed by atoms with Crippen LogP contribution in [-0.4, -0.2) is 9.55 Å². The minimum absolute atomic E-state index is 0.145. The molecule has 3 nitrogen and oxygen atoms in total. The van der Waals surface area contributed by atoms with Crippen molar-refractivity contribution in [3.8, 4) is 0 Å². The minimum atomic E-state index is -0.341. The zero-order chi connectivity index (χ0) is 13.4. The van der Waals surface area contributed by atoms with Crippen molar-refractivity contribution in [1.82, 2.24) is 9.55 Å². The predicted octanol–water partition coefficient (Wildman–Crippen LogP) is 3.41. The van der Waals surface area contributed by atoms with Gasteiger partial charge in [0.2, 0.25) is 0 Å². The number of halogens is 2. The third-order valence-electron chi connectivity index (χ3n) is 2.81. The quantitative estimate of drug-likeness (QED) is 0.717. The Balaban J connectivity index is 2.05. The van der Waals surface area contributed by atoms with Crippen LogP contribution in [0.1, 0.15) is 5.56 Å². The molecule has 2 heterocycles. The second-order valence-electron chi connectivity index (χ2n) is 4.05. The van der Waals surface area contributed by atoms with Crippen LogP contribution in [0, 0.1) is 5.82 Å². The van der Waals surface area contributed by atoms with Gasteiger partial charge in [-0.2, -0.15) is 0 Å². The Morgan fingerprint density at radius 1 is 1.37 bits per heavy atom. The van der Waals surface area contributed by atoms with Crippen molar-refractivity contribution >= 4 is 37.5 Å². The van der Waals surface area contributed by atoms with Crippen molar-refractivity contribution < 1.29 is 4.39 Å². The number of thiophene rings is 1. The summed E-state index contributed by atoms with van der Waals surface area (Å²) in [7, 11) is 0. The Morgan fingerprint density at radius 3 is 3.00 bits per heavy atom. The van der Waals surface area contributed by atoms with E-state index in [-0.39, 0.29) is 17.9 Å². The molecule has 19 heavy (non-hydrogen) atoms. The third-order valence-corrected chi connectivity index (χ3v) is 4.12. The Hall–Kier alpha value is -1.53. The number of benzene rings is 1. The molecule has 6 heteroatoms. The highest BCUT2D eigenvalue weighted by atomic mass is 79.9.